The van der Waals surface area contributed by atoms with Gasteiger partial charge in [0, 0.05) is 17.2 Å². The van der Waals surface area contributed by atoms with Crippen LogP contribution in [-0.2, 0) is 0 Å². The van der Waals surface area contributed by atoms with E-state index in [4.69, 9.17) is 4.74 Å². The number of nitro groups is 1. The Morgan fingerprint density at radius 1 is 1.45 bits per heavy atom. The summed E-state index contributed by atoms with van der Waals surface area (Å²) in [7, 11) is 1.38. The van der Waals surface area contributed by atoms with E-state index in [-0.39, 0.29) is 11.4 Å². The molecule has 0 atom stereocenters. The summed E-state index contributed by atoms with van der Waals surface area (Å²) in [5.41, 5.74) is 1.91. The SMILES string of the molecule is COc1ccc(/C=N/c2sc(C)c(C)c2C#N)cc1[N+](=O)[O-]. The zero-order valence-corrected chi connectivity index (χ0v) is 13.1. The molecule has 0 aliphatic carbocycles. The van der Waals surface area contributed by atoms with Crippen molar-refractivity contribution in [1.82, 2.24) is 0 Å². The quantitative estimate of drug-likeness (QED) is 0.486. The van der Waals surface area contributed by atoms with Gasteiger partial charge in [0.2, 0.25) is 0 Å². The highest BCUT2D eigenvalue weighted by Crippen LogP contribution is 2.34. The van der Waals surface area contributed by atoms with Crippen molar-refractivity contribution in [2.45, 2.75) is 13.8 Å². The molecule has 0 bridgehead atoms. The lowest BCUT2D eigenvalue weighted by Gasteiger charge is -2.01. The summed E-state index contributed by atoms with van der Waals surface area (Å²) in [4.78, 5) is 15.8. The molecular formula is C15H13N3O3S. The van der Waals surface area contributed by atoms with Crippen molar-refractivity contribution in [1.29, 1.82) is 5.26 Å². The Balaban J connectivity index is 2.39. The van der Waals surface area contributed by atoms with Gasteiger partial charge in [0.05, 0.1) is 17.6 Å². The minimum atomic E-state index is -0.504. The molecule has 112 valence electrons. The standard InChI is InChI=1S/C15H13N3O3S/c1-9-10(2)22-15(12(9)7-16)17-8-11-4-5-14(21-3)13(6-11)18(19)20/h4-6,8H,1-3H3/b17-8+. The molecule has 2 rings (SSSR count). The lowest BCUT2D eigenvalue weighted by atomic mass is 10.2. The minimum Gasteiger partial charge on any atom is -0.490 e. The highest BCUT2D eigenvalue weighted by atomic mass is 32.1. The summed E-state index contributed by atoms with van der Waals surface area (Å²) < 4.78 is 4.95. The van der Waals surface area contributed by atoms with Gasteiger partial charge in [-0.2, -0.15) is 5.26 Å². The number of aryl methyl sites for hydroxylation is 1. The second-order valence-electron chi connectivity index (χ2n) is 4.52. The monoisotopic (exact) mass is 315 g/mol. The van der Waals surface area contributed by atoms with Gasteiger partial charge in [-0.15, -0.1) is 11.3 Å². The molecule has 0 amide bonds. The number of thiophene rings is 1. The van der Waals surface area contributed by atoms with Gasteiger partial charge in [0.1, 0.15) is 11.1 Å². The van der Waals surface area contributed by atoms with Gasteiger partial charge < -0.3 is 4.74 Å². The average Bonchev–Trinajstić information content (AvgIpc) is 2.79. The van der Waals surface area contributed by atoms with Gasteiger partial charge in [-0.1, -0.05) is 0 Å². The number of rotatable bonds is 4. The van der Waals surface area contributed by atoms with E-state index in [1.165, 1.54) is 36.8 Å². The molecule has 2 aromatic rings. The molecule has 0 unspecified atom stereocenters. The van der Waals surface area contributed by atoms with Crippen molar-refractivity contribution >= 4 is 28.2 Å². The summed E-state index contributed by atoms with van der Waals surface area (Å²) in [6.45, 7) is 3.81. The number of ether oxygens (including phenoxy) is 1. The van der Waals surface area contributed by atoms with Gasteiger partial charge in [0.25, 0.3) is 0 Å². The third-order valence-electron chi connectivity index (χ3n) is 3.21. The number of methoxy groups -OCH3 is 1. The van der Waals surface area contributed by atoms with Crippen molar-refractivity contribution in [3.63, 3.8) is 0 Å². The maximum absolute atomic E-state index is 11.0. The molecule has 7 heteroatoms. The predicted molar refractivity (Wildman–Crippen MR) is 85.4 cm³/mol. The number of nitrogens with zero attached hydrogens (tertiary/aromatic N) is 3. The van der Waals surface area contributed by atoms with Crippen LogP contribution in [0.15, 0.2) is 23.2 Å². The molecule has 0 spiro atoms. The summed E-state index contributed by atoms with van der Waals surface area (Å²) in [6, 6.07) is 6.73. The second kappa shape index (κ2) is 6.37. The first-order chi connectivity index (χ1) is 10.5. The zero-order valence-electron chi connectivity index (χ0n) is 12.3. The highest BCUT2D eigenvalue weighted by molar-refractivity contribution is 7.16. The van der Waals surface area contributed by atoms with Crippen LogP contribution in [0.2, 0.25) is 0 Å². The van der Waals surface area contributed by atoms with E-state index < -0.39 is 4.92 Å². The second-order valence-corrected chi connectivity index (χ2v) is 5.72. The Bertz CT molecular complexity index is 803. The van der Waals surface area contributed by atoms with Gasteiger partial charge >= 0.3 is 5.69 Å². The van der Waals surface area contributed by atoms with Crippen molar-refractivity contribution in [3.05, 3.63) is 49.9 Å². The molecule has 0 N–H and O–H groups in total. The lowest BCUT2D eigenvalue weighted by molar-refractivity contribution is -0.385. The number of hydrogen-bond acceptors (Lipinski definition) is 6. The molecule has 22 heavy (non-hydrogen) atoms. The number of aliphatic imine (C=N–C) groups is 1. The van der Waals surface area contributed by atoms with Crippen LogP contribution in [0, 0.1) is 35.3 Å². The molecule has 0 radical (unpaired) electrons. The Morgan fingerprint density at radius 2 is 2.18 bits per heavy atom. The molecule has 0 aliphatic heterocycles. The smallest absolute Gasteiger partial charge is 0.311 e. The van der Waals surface area contributed by atoms with Crippen LogP contribution in [0.1, 0.15) is 21.6 Å². The third-order valence-corrected chi connectivity index (χ3v) is 4.32. The minimum absolute atomic E-state index is 0.120. The van der Waals surface area contributed by atoms with E-state index in [0.29, 0.717) is 16.1 Å². The molecule has 1 aromatic heterocycles. The Morgan fingerprint density at radius 3 is 2.77 bits per heavy atom. The number of nitriles is 1. The van der Waals surface area contributed by atoms with Crippen LogP contribution < -0.4 is 4.74 Å². The first-order valence-corrected chi connectivity index (χ1v) is 7.16. The van der Waals surface area contributed by atoms with E-state index in [1.807, 2.05) is 13.8 Å². The molecule has 6 nitrogen and oxygen atoms in total. The van der Waals surface area contributed by atoms with Crippen LogP contribution >= 0.6 is 11.3 Å². The van der Waals surface area contributed by atoms with Gasteiger partial charge in [-0.3, -0.25) is 10.1 Å². The predicted octanol–water partition coefficient (Wildman–Crippen LogP) is 3.90. The molecule has 1 heterocycles. The van der Waals surface area contributed by atoms with E-state index in [2.05, 4.69) is 11.1 Å². The fraction of sp³-hybridized carbons (Fsp3) is 0.200. The summed E-state index contributed by atoms with van der Waals surface area (Å²) in [5, 5.41) is 20.8. The average molecular weight is 315 g/mol. The van der Waals surface area contributed by atoms with E-state index in [1.54, 1.807) is 6.07 Å². The summed E-state index contributed by atoms with van der Waals surface area (Å²) in [6.07, 6.45) is 1.51. The number of nitro benzene ring substituents is 1. The van der Waals surface area contributed by atoms with E-state index in [0.717, 1.165) is 10.4 Å². The van der Waals surface area contributed by atoms with Crippen molar-refractivity contribution in [2.75, 3.05) is 7.11 Å². The molecule has 0 aliphatic rings. The van der Waals surface area contributed by atoms with E-state index >= 15 is 0 Å². The highest BCUT2D eigenvalue weighted by Gasteiger charge is 2.15. The van der Waals surface area contributed by atoms with Crippen LogP contribution in [0.4, 0.5) is 10.7 Å². The Kier molecular flexibility index (Phi) is 4.53. The van der Waals surface area contributed by atoms with E-state index in [9.17, 15) is 15.4 Å². The maximum Gasteiger partial charge on any atom is 0.311 e. The fourth-order valence-corrected chi connectivity index (χ4v) is 2.85. The Labute approximate surface area is 131 Å². The van der Waals surface area contributed by atoms with Crippen molar-refractivity contribution < 1.29 is 9.66 Å². The van der Waals surface area contributed by atoms with Gasteiger partial charge in [-0.05, 0) is 37.1 Å². The third kappa shape index (κ3) is 2.97. The van der Waals surface area contributed by atoms with Gasteiger partial charge in [-0.25, -0.2) is 4.99 Å². The molecule has 1 aromatic carbocycles. The first kappa shape index (κ1) is 15.7. The van der Waals surface area contributed by atoms with Crippen molar-refractivity contribution in [3.8, 4) is 11.8 Å². The molecular weight excluding hydrogens is 302 g/mol. The van der Waals surface area contributed by atoms with Crippen LogP contribution in [0.3, 0.4) is 0 Å². The summed E-state index contributed by atoms with van der Waals surface area (Å²) in [5.74, 6) is 0.197. The Hall–Kier alpha value is -2.72. The topological polar surface area (TPSA) is 88.5 Å². The fourth-order valence-electron chi connectivity index (χ4n) is 1.89. The molecule has 0 fully saturated rings. The zero-order chi connectivity index (χ0) is 16.3. The largest absolute Gasteiger partial charge is 0.490 e. The summed E-state index contributed by atoms with van der Waals surface area (Å²) >= 11 is 1.42. The number of benzene rings is 1. The first-order valence-electron chi connectivity index (χ1n) is 6.34. The van der Waals surface area contributed by atoms with Crippen LogP contribution in [-0.4, -0.2) is 18.2 Å². The molecule has 0 saturated carbocycles. The molecule has 0 saturated heterocycles. The van der Waals surface area contributed by atoms with Crippen molar-refractivity contribution in [2.24, 2.45) is 4.99 Å². The van der Waals surface area contributed by atoms with Crippen LogP contribution in [0.5, 0.6) is 5.75 Å². The van der Waals surface area contributed by atoms with Gasteiger partial charge in [0.15, 0.2) is 5.75 Å². The lowest BCUT2D eigenvalue weighted by Crippen LogP contribution is -1.95. The van der Waals surface area contributed by atoms with Crippen LogP contribution in [0.25, 0.3) is 0 Å². The normalized spacial score (nSPS) is 10.6. The number of hydrogen-bond donors (Lipinski definition) is 0. The maximum atomic E-state index is 11.0.